The van der Waals surface area contributed by atoms with Gasteiger partial charge in [-0.15, -0.1) is 11.8 Å². The van der Waals surface area contributed by atoms with E-state index in [0.29, 0.717) is 22.7 Å². The number of thioether (sulfide) groups is 1. The van der Waals surface area contributed by atoms with E-state index in [1.54, 1.807) is 17.0 Å². The van der Waals surface area contributed by atoms with E-state index in [1.165, 1.54) is 11.8 Å². The van der Waals surface area contributed by atoms with Crippen LogP contribution < -0.4 is 0 Å². The zero-order valence-corrected chi connectivity index (χ0v) is 13.6. The van der Waals surface area contributed by atoms with Crippen LogP contribution in [0.15, 0.2) is 34.9 Å². The Balaban J connectivity index is 1.98. The van der Waals surface area contributed by atoms with Crippen LogP contribution in [-0.2, 0) is 16.0 Å². The number of amides is 1. The first-order valence-corrected chi connectivity index (χ1v) is 8.55. The number of carboxylic acids is 1. The fourth-order valence-electron chi connectivity index (χ4n) is 2.97. The number of hydrogen-bond donors (Lipinski definition) is 1. The molecule has 23 heavy (non-hydrogen) atoms. The van der Waals surface area contributed by atoms with Crippen molar-refractivity contribution >= 4 is 29.4 Å². The number of carboxylic acid groups (broad SMARTS) is 1. The Kier molecular flexibility index (Phi) is 4.26. The van der Waals surface area contributed by atoms with Crippen LogP contribution in [0, 0.1) is 5.92 Å². The number of fused-ring (bicyclic) bond motifs is 1. The fraction of sp³-hybridized carbons (Fsp3) is 0.353. The van der Waals surface area contributed by atoms with Crippen LogP contribution in [-0.4, -0.2) is 40.0 Å². The number of carbonyl (C=O) groups is 3. The molecule has 1 amide bonds. The average Bonchev–Trinajstić information content (AvgIpc) is 3.10. The minimum Gasteiger partial charge on any atom is -0.481 e. The lowest BCUT2D eigenvalue weighted by molar-refractivity contribution is -0.141. The van der Waals surface area contributed by atoms with E-state index in [-0.39, 0.29) is 18.1 Å². The van der Waals surface area contributed by atoms with Crippen LogP contribution in [0.1, 0.15) is 29.3 Å². The second kappa shape index (κ2) is 6.20. The van der Waals surface area contributed by atoms with Gasteiger partial charge in [0.25, 0.3) is 0 Å². The van der Waals surface area contributed by atoms with Gasteiger partial charge in [-0.05, 0) is 12.0 Å². The SMILES string of the molecule is CCc1ccc(C(=O)C2=C3SCCN3C(=O)[C@H]2CC(=O)O)cc1. The van der Waals surface area contributed by atoms with Crippen molar-refractivity contribution in [3.8, 4) is 0 Å². The molecule has 0 spiro atoms. The average molecular weight is 331 g/mol. The van der Waals surface area contributed by atoms with Crippen molar-refractivity contribution < 1.29 is 19.5 Å². The van der Waals surface area contributed by atoms with Gasteiger partial charge in [0.05, 0.1) is 17.4 Å². The van der Waals surface area contributed by atoms with Crippen molar-refractivity contribution in [3.05, 3.63) is 46.0 Å². The minimum absolute atomic E-state index is 0.237. The number of benzene rings is 1. The van der Waals surface area contributed by atoms with Gasteiger partial charge in [-0.25, -0.2) is 0 Å². The lowest BCUT2D eigenvalue weighted by atomic mass is 9.91. The monoisotopic (exact) mass is 331 g/mol. The van der Waals surface area contributed by atoms with Gasteiger partial charge in [-0.3, -0.25) is 14.4 Å². The lowest BCUT2D eigenvalue weighted by Gasteiger charge is -2.12. The van der Waals surface area contributed by atoms with Crippen LogP contribution in [0.3, 0.4) is 0 Å². The third-order valence-corrected chi connectivity index (χ3v) is 5.29. The maximum atomic E-state index is 12.9. The molecule has 2 aliphatic heterocycles. The highest BCUT2D eigenvalue weighted by atomic mass is 32.2. The van der Waals surface area contributed by atoms with E-state index in [2.05, 4.69) is 0 Å². The van der Waals surface area contributed by atoms with Gasteiger partial charge in [0.1, 0.15) is 0 Å². The topological polar surface area (TPSA) is 74.7 Å². The van der Waals surface area contributed by atoms with E-state index in [9.17, 15) is 14.4 Å². The quantitative estimate of drug-likeness (QED) is 0.838. The van der Waals surface area contributed by atoms with Gasteiger partial charge >= 0.3 is 5.97 Å². The molecule has 1 N–H and O–H groups in total. The molecule has 3 rings (SSSR count). The van der Waals surface area contributed by atoms with Crippen LogP contribution in [0.5, 0.6) is 0 Å². The zero-order chi connectivity index (χ0) is 16.6. The van der Waals surface area contributed by atoms with E-state index in [1.807, 2.05) is 19.1 Å². The predicted molar refractivity (Wildman–Crippen MR) is 87.1 cm³/mol. The van der Waals surface area contributed by atoms with Crippen LogP contribution >= 0.6 is 11.8 Å². The van der Waals surface area contributed by atoms with E-state index >= 15 is 0 Å². The summed E-state index contributed by atoms with van der Waals surface area (Å²) in [6, 6.07) is 7.28. The molecule has 0 aliphatic carbocycles. The van der Waals surface area contributed by atoms with E-state index in [4.69, 9.17) is 5.11 Å². The first-order valence-electron chi connectivity index (χ1n) is 7.56. The molecule has 0 saturated carbocycles. The Labute approximate surface area is 138 Å². The summed E-state index contributed by atoms with van der Waals surface area (Å²) in [6.07, 6.45) is 0.541. The smallest absolute Gasteiger partial charge is 0.304 e. The number of hydrogen-bond acceptors (Lipinski definition) is 4. The number of carbonyl (C=O) groups excluding carboxylic acids is 2. The molecule has 0 radical (unpaired) electrons. The molecule has 1 saturated heterocycles. The largest absolute Gasteiger partial charge is 0.481 e. The van der Waals surface area contributed by atoms with Crippen LogP contribution in [0.2, 0.25) is 0 Å². The first-order chi connectivity index (χ1) is 11.0. The second-order valence-electron chi connectivity index (χ2n) is 5.59. The standard InChI is InChI=1S/C17H17NO4S/c1-2-10-3-5-11(6-4-10)15(21)14-12(9-13(19)20)16(22)18-7-8-23-17(14)18/h3-6,12H,2,7-9H2,1H3,(H,19,20)/t12-/m0/s1. The summed E-state index contributed by atoms with van der Waals surface area (Å²) in [5.74, 6) is -1.69. The molecule has 2 aliphatic rings. The molecule has 0 aromatic heterocycles. The second-order valence-corrected chi connectivity index (χ2v) is 6.67. The third-order valence-electron chi connectivity index (χ3n) is 4.19. The van der Waals surface area contributed by atoms with Gasteiger partial charge in [0.2, 0.25) is 5.91 Å². The number of ketones is 1. The van der Waals surface area contributed by atoms with Gasteiger partial charge in [-0.2, -0.15) is 0 Å². The van der Waals surface area contributed by atoms with E-state index < -0.39 is 11.9 Å². The summed E-state index contributed by atoms with van der Waals surface area (Å²) in [7, 11) is 0. The number of Topliss-reactive ketones (excluding diaryl/α,β-unsaturated/α-hetero) is 1. The number of nitrogens with zero attached hydrogens (tertiary/aromatic N) is 1. The Morgan fingerprint density at radius 3 is 2.61 bits per heavy atom. The van der Waals surface area contributed by atoms with Crippen molar-refractivity contribution in [2.45, 2.75) is 19.8 Å². The highest BCUT2D eigenvalue weighted by molar-refractivity contribution is 8.03. The van der Waals surface area contributed by atoms with Gasteiger partial charge in [0, 0.05) is 23.4 Å². The Hall–Kier alpha value is -2.08. The van der Waals surface area contributed by atoms with Crippen molar-refractivity contribution in [1.82, 2.24) is 4.90 Å². The maximum absolute atomic E-state index is 12.9. The fourth-order valence-corrected chi connectivity index (χ4v) is 4.17. The normalized spacial score (nSPS) is 20.1. The molecule has 1 fully saturated rings. The van der Waals surface area contributed by atoms with Crippen LogP contribution in [0.25, 0.3) is 0 Å². The molecular formula is C17H17NO4S. The molecule has 1 aromatic rings. The summed E-state index contributed by atoms with van der Waals surface area (Å²) in [5.41, 5.74) is 1.98. The van der Waals surface area contributed by atoms with Crippen molar-refractivity contribution in [1.29, 1.82) is 0 Å². The Morgan fingerprint density at radius 2 is 2.00 bits per heavy atom. The Bertz CT molecular complexity index is 708. The van der Waals surface area contributed by atoms with E-state index in [0.717, 1.165) is 17.7 Å². The number of rotatable bonds is 5. The molecule has 1 atom stereocenters. The van der Waals surface area contributed by atoms with Gasteiger partial charge in [0.15, 0.2) is 5.78 Å². The summed E-state index contributed by atoms with van der Waals surface area (Å²) in [5, 5.41) is 9.73. The van der Waals surface area contributed by atoms with Crippen molar-refractivity contribution in [3.63, 3.8) is 0 Å². The summed E-state index contributed by atoms with van der Waals surface area (Å²) >= 11 is 1.46. The molecule has 5 nitrogen and oxygen atoms in total. The molecule has 0 bridgehead atoms. The molecule has 2 heterocycles. The third kappa shape index (κ3) is 2.79. The van der Waals surface area contributed by atoms with Crippen molar-refractivity contribution in [2.24, 2.45) is 5.92 Å². The maximum Gasteiger partial charge on any atom is 0.304 e. The molecule has 0 unspecified atom stereocenters. The van der Waals surface area contributed by atoms with Crippen molar-refractivity contribution in [2.75, 3.05) is 12.3 Å². The van der Waals surface area contributed by atoms with Gasteiger partial charge in [-0.1, -0.05) is 31.2 Å². The van der Waals surface area contributed by atoms with Gasteiger partial charge < -0.3 is 10.0 Å². The minimum atomic E-state index is -1.07. The highest BCUT2D eigenvalue weighted by Crippen LogP contribution is 2.43. The predicted octanol–water partition coefficient (Wildman–Crippen LogP) is 2.32. The highest BCUT2D eigenvalue weighted by Gasteiger charge is 2.45. The lowest BCUT2D eigenvalue weighted by Crippen LogP contribution is -2.29. The summed E-state index contributed by atoms with van der Waals surface area (Å²) in [4.78, 5) is 38.0. The molecule has 1 aromatic carbocycles. The number of aryl methyl sites for hydroxylation is 1. The zero-order valence-electron chi connectivity index (χ0n) is 12.7. The molecule has 120 valence electrons. The Morgan fingerprint density at radius 1 is 1.30 bits per heavy atom. The first kappa shape index (κ1) is 15.8. The number of aliphatic carboxylic acids is 1. The summed E-state index contributed by atoms with van der Waals surface area (Å²) in [6.45, 7) is 2.58. The summed E-state index contributed by atoms with van der Waals surface area (Å²) < 4.78 is 0. The molecule has 6 heteroatoms. The molecular weight excluding hydrogens is 314 g/mol. The van der Waals surface area contributed by atoms with Crippen LogP contribution in [0.4, 0.5) is 0 Å².